The van der Waals surface area contributed by atoms with E-state index in [1.54, 1.807) is 13.2 Å². The number of Topliss-reactive ketones (excluding diaryl/α,β-unsaturated/α-hetero) is 2. The van der Waals surface area contributed by atoms with Crippen molar-refractivity contribution in [3.05, 3.63) is 35.4 Å². The summed E-state index contributed by atoms with van der Waals surface area (Å²) < 4.78 is 5.03. The molecule has 0 aliphatic carbocycles. The second-order valence-corrected chi connectivity index (χ2v) is 3.72. The lowest BCUT2D eigenvalue weighted by Gasteiger charge is -2.06. The van der Waals surface area contributed by atoms with Crippen LogP contribution < -0.4 is 0 Å². The summed E-state index contributed by atoms with van der Waals surface area (Å²) >= 11 is 0. The molecule has 86 valence electrons. The number of carbonyl (C=O) groups excluding carboxylic acids is 2. The normalized spacial score (nSPS) is 10.1. The number of hydrogen-bond donors (Lipinski definition) is 0. The summed E-state index contributed by atoms with van der Waals surface area (Å²) in [5, 5.41) is 0. The fourth-order valence-corrected chi connectivity index (χ4v) is 1.50. The second kappa shape index (κ2) is 6.18. The number of hydrogen-bond acceptors (Lipinski definition) is 3. The minimum atomic E-state index is 0.00264. The van der Waals surface area contributed by atoms with Crippen LogP contribution in [0.1, 0.15) is 35.7 Å². The zero-order valence-corrected chi connectivity index (χ0v) is 9.66. The van der Waals surface area contributed by atoms with Crippen molar-refractivity contribution in [3.63, 3.8) is 0 Å². The van der Waals surface area contributed by atoms with Crippen LogP contribution in [0.2, 0.25) is 0 Å². The Bertz CT molecular complexity index is 383. The Morgan fingerprint density at radius 2 is 1.88 bits per heavy atom. The smallest absolute Gasteiger partial charge is 0.163 e. The van der Waals surface area contributed by atoms with E-state index in [9.17, 15) is 9.59 Å². The summed E-state index contributed by atoms with van der Waals surface area (Å²) in [4.78, 5) is 22.7. The molecule has 0 aliphatic rings. The van der Waals surface area contributed by atoms with Gasteiger partial charge in [0.2, 0.25) is 0 Å². The van der Waals surface area contributed by atoms with Gasteiger partial charge >= 0.3 is 0 Å². The fourth-order valence-electron chi connectivity index (χ4n) is 1.50. The van der Waals surface area contributed by atoms with Crippen molar-refractivity contribution in [2.24, 2.45) is 0 Å². The summed E-state index contributed by atoms with van der Waals surface area (Å²) in [5.41, 5.74) is 1.53. The Hall–Kier alpha value is -1.48. The van der Waals surface area contributed by atoms with Crippen LogP contribution >= 0.6 is 0 Å². The average molecular weight is 220 g/mol. The van der Waals surface area contributed by atoms with Crippen molar-refractivity contribution < 1.29 is 14.3 Å². The summed E-state index contributed by atoms with van der Waals surface area (Å²) in [5.74, 6) is 0.0421. The number of carbonyl (C=O) groups is 2. The van der Waals surface area contributed by atoms with E-state index in [1.807, 2.05) is 18.2 Å². The van der Waals surface area contributed by atoms with E-state index in [0.29, 0.717) is 18.6 Å². The third kappa shape index (κ3) is 3.59. The molecular weight excluding hydrogens is 204 g/mol. The summed E-state index contributed by atoms with van der Waals surface area (Å²) in [6, 6.07) is 7.33. The lowest BCUT2D eigenvalue weighted by Crippen LogP contribution is -2.06. The fraction of sp³-hybridized carbons (Fsp3) is 0.385. The molecule has 0 amide bonds. The molecule has 0 bridgehead atoms. The Kier molecular flexibility index (Phi) is 4.86. The standard InChI is InChI=1S/C13H16O3/c1-10(14)7-8-13(15)12-6-4-3-5-11(12)9-16-2/h3-6H,7-9H2,1-2H3. The summed E-state index contributed by atoms with van der Waals surface area (Å²) in [6.45, 7) is 1.91. The van der Waals surface area contributed by atoms with E-state index < -0.39 is 0 Å². The zero-order chi connectivity index (χ0) is 12.0. The zero-order valence-electron chi connectivity index (χ0n) is 9.66. The molecule has 3 nitrogen and oxygen atoms in total. The molecule has 0 atom stereocenters. The van der Waals surface area contributed by atoms with Crippen molar-refractivity contribution in [1.29, 1.82) is 0 Å². The second-order valence-electron chi connectivity index (χ2n) is 3.72. The van der Waals surface area contributed by atoms with E-state index in [0.717, 1.165) is 5.56 Å². The number of ether oxygens (including phenoxy) is 1. The summed E-state index contributed by atoms with van der Waals surface area (Å²) in [6.07, 6.45) is 0.580. The maximum atomic E-state index is 11.8. The van der Waals surface area contributed by atoms with Gasteiger partial charge in [0.1, 0.15) is 5.78 Å². The minimum absolute atomic E-state index is 0.00264. The van der Waals surface area contributed by atoms with Crippen LogP contribution in [0.25, 0.3) is 0 Å². The molecule has 1 rings (SSSR count). The first-order valence-corrected chi connectivity index (χ1v) is 5.24. The van der Waals surface area contributed by atoms with Gasteiger partial charge in [0.25, 0.3) is 0 Å². The van der Waals surface area contributed by atoms with Crippen molar-refractivity contribution in [2.45, 2.75) is 26.4 Å². The van der Waals surface area contributed by atoms with Gasteiger partial charge in [-0.2, -0.15) is 0 Å². The predicted octanol–water partition coefficient (Wildman–Crippen LogP) is 2.38. The molecule has 0 fully saturated rings. The molecule has 0 spiro atoms. The molecule has 0 N–H and O–H groups in total. The van der Waals surface area contributed by atoms with Crippen LogP contribution in [0.5, 0.6) is 0 Å². The van der Waals surface area contributed by atoms with Crippen LogP contribution in [0.15, 0.2) is 24.3 Å². The van der Waals surface area contributed by atoms with Gasteiger partial charge in [-0.1, -0.05) is 24.3 Å². The molecule has 1 aromatic carbocycles. The van der Waals surface area contributed by atoms with E-state index in [1.165, 1.54) is 6.92 Å². The van der Waals surface area contributed by atoms with Crippen LogP contribution in [-0.2, 0) is 16.1 Å². The van der Waals surface area contributed by atoms with Crippen LogP contribution in [0.3, 0.4) is 0 Å². The first kappa shape index (κ1) is 12.6. The molecule has 0 unspecified atom stereocenters. The first-order chi connectivity index (χ1) is 7.65. The molecule has 0 radical (unpaired) electrons. The lowest BCUT2D eigenvalue weighted by atomic mass is 10.0. The molecule has 0 heterocycles. The van der Waals surface area contributed by atoms with E-state index in [2.05, 4.69) is 0 Å². The van der Waals surface area contributed by atoms with E-state index >= 15 is 0 Å². The highest BCUT2D eigenvalue weighted by molar-refractivity contribution is 5.99. The van der Waals surface area contributed by atoms with Gasteiger partial charge in [0.15, 0.2) is 5.78 Å². The maximum Gasteiger partial charge on any atom is 0.163 e. The van der Waals surface area contributed by atoms with Gasteiger partial charge in [-0.05, 0) is 12.5 Å². The topological polar surface area (TPSA) is 43.4 Å². The van der Waals surface area contributed by atoms with Gasteiger partial charge in [-0.25, -0.2) is 0 Å². The Morgan fingerprint density at radius 3 is 2.50 bits per heavy atom. The monoisotopic (exact) mass is 220 g/mol. The Balaban J connectivity index is 2.77. The third-order valence-corrected chi connectivity index (χ3v) is 2.32. The predicted molar refractivity (Wildman–Crippen MR) is 61.4 cm³/mol. The lowest BCUT2D eigenvalue weighted by molar-refractivity contribution is -0.116. The van der Waals surface area contributed by atoms with Gasteiger partial charge < -0.3 is 9.53 Å². The molecule has 0 saturated heterocycles. The third-order valence-electron chi connectivity index (χ3n) is 2.32. The van der Waals surface area contributed by atoms with Gasteiger partial charge in [-0.3, -0.25) is 4.79 Å². The minimum Gasteiger partial charge on any atom is -0.380 e. The van der Waals surface area contributed by atoms with Crippen molar-refractivity contribution in [1.82, 2.24) is 0 Å². The Labute approximate surface area is 95.4 Å². The highest BCUT2D eigenvalue weighted by Crippen LogP contribution is 2.13. The van der Waals surface area contributed by atoms with E-state index in [-0.39, 0.29) is 18.0 Å². The molecule has 0 saturated carbocycles. The SMILES string of the molecule is COCc1ccccc1C(=O)CCC(C)=O. The maximum absolute atomic E-state index is 11.8. The van der Waals surface area contributed by atoms with Crippen molar-refractivity contribution >= 4 is 11.6 Å². The van der Waals surface area contributed by atoms with Gasteiger partial charge in [-0.15, -0.1) is 0 Å². The molecule has 3 heteroatoms. The van der Waals surface area contributed by atoms with Crippen LogP contribution in [-0.4, -0.2) is 18.7 Å². The largest absolute Gasteiger partial charge is 0.380 e. The first-order valence-electron chi connectivity index (χ1n) is 5.24. The quantitative estimate of drug-likeness (QED) is 0.691. The number of rotatable bonds is 6. The van der Waals surface area contributed by atoms with E-state index in [4.69, 9.17) is 4.74 Å². The molecule has 16 heavy (non-hydrogen) atoms. The van der Waals surface area contributed by atoms with Crippen molar-refractivity contribution in [2.75, 3.05) is 7.11 Å². The molecule has 1 aromatic rings. The molecule has 0 aliphatic heterocycles. The highest BCUT2D eigenvalue weighted by atomic mass is 16.5. The van der Waals surface area contributed by atoms with Crippen molar-refractivity contribution in [3.8, 4) is 0 Å². The number of ketones is 2. The van der Waals surface area contributed by atoms with Crippen LogP contribution in [0, 0.1) is 0 Å². The summed E-state index contributed by atoms with van der Waals surface area (Å²) in [7, 11) is 1.59. The number of methoxy groups -OCH3 is 1. The molecule has 0 aromatic heterocycles. The van der Waals surface area contributed by atoms with Gasteiger partial charge in [0, 0.05) is 25.5 Å². The number of benzene rings is 1. The van der Waals surface area contributed by atoms with Crippen LogP contribution in [0.4, 0.5) is 0 Å². The van der Waals surface area contributed by atoms with Gasteiger partial charge in [0.05, 0.1) is 6.61 Å². The Morgan fingerprint density at radius 1 is 1.19 bits per heavy atom. The average Bonchev–Trinajstić information content (AvgIpc) is 2.27. The molecular formula is C13H16O3. The highest BCUT2D eigenvalue weighted by Gasteiger charge is 2.11.